The number of aryl methyl sites for hydroxylation is 1. The summed E-state index contributed by atoms with van der Waals surface area (Å²) in [6.07, 6.45) is 0. The number of hydrogen-bond donors (Lipinski definition) is 0. The number of carbonyl (C=O) groups excluding carboxylic acids is 3. The molecule has 5 heteroatoms. The van der Waals surface area contributed by atoms with Crippen molar-refractivity contribution in [1.29, 1.82) is 0 Å². The minimum Gasteiger partial charge on any atom is -0.423 e. The van der Waals surface area contributed by atoms with E-state index in [9.17, 15) is 14.4 Å². The lowest BCUT2D eigenvalue weighted by Gasteiger charge is -2.05. The Balaban J connectivity index is 1.86. The molecule has 0 aromatic heterocycles. The Hall–Kier alpha value is -2.95. The molecule has 0 bridgehead atoms. The lowest BCUT2D eigenvalue weighted by atomic mass is 10.1. The van der Waals surface area contributed by atoms with E-state index in [1.54, 1.807) is 12.1 Å². The number of hydrogen-bond acceptors (Lipinski definition) is 5. The van der Waals surface area contributed by atoms with Gasteiger partial charge in [-0.1, -0.05) is 17.7 Å². The van der Waals surface area contributed by atoms with E-state index in [2.05, 4.69) is 4.74 Å². The van der Waals surface area contributed by atoms with Crippen molar-refractivity contribution < 1.29 is 23.9 Å². The van der Waals surface area contributed by atoms with E-state index >= 15 is 0 Å². The third kappa shape index (κ3) is 2.41. The van der Waals surface area contributed by atoms with Crippen molar-refractivity contribution in [1.82, 2.24) is 0 Å². The Labute approximate surface area is 120 Å². The molecule has 0 saturated heterocycles. The average molecular weight is 282 g/mol. The maximum absolute atomic E-state index is 12.0. The number of cyclic esters (lactones) is 2. The second-order valence-electron chi connectivity index (χ2n) is 4.64. The van der Waals surface area contributed by atoms with Gasteiger partial charge in [-0.15, -0.1) is 0 Å². The Morgan fingerprint density at radius 3 is 2.33 bits per heavy atom. The monoisotopic (exact) mass is 282 g/mol. The molecule has 0 fully saturated rings. The van der Waals surface area contributed by atoms with Gasteiger partial charge in [-0.2, -0.15) is 0 Å². The molecule has 104 valence electrons. The highest BCUT2D eigenvalue weighted by molar-refractivity contribution is 6.15. The summed E-state index contributed by atoms with van der Waals surface area (Å²) in [5.74, 6) is -1.65. The Bertz CT molecular complexity index is 759. The molecule has 21 heavy (non-hydrogen) atoms. The second kappa shape index (κ2) is 4.86. The minimum atomic E-state index is -0.750. The molecule has 2 aromatic carbocycles. The molecule has 5 nitrogen and oxygen atoms in total. The summed E-state index contributed by atoms with van der Waals surface area (Å²) in [5.41, 5.74) is 1.47. The molecule has 1 aliphatic heterocycles. The quantitative estimate of drug-likeness (QED) is 0.481. The summed E-state index contributed by atoms with van der Waals surface area (Å²) in [5, 5.41) is 0. The van der Waals surface area contributed by atoms with Crippen LogP contribution in [-0.2, 0) is 4.74 Å². The Kier molecular flexibility index (Phi) is 3.02. The number of benzene rings is 2. The Morgan fingerprint density at radius 1 is 0.952 bits per heavy atom. The van der Waals surface area contributed by atoms with Gasteiger partial charge in [0, 0.05) is 0 Å². The average Bonchev–Trinajstić information content (AvgIpc) is 2.76. The lowest BCUT2D eigenvalue weighted by Crippen LogP contribution is -2.09. The molecule has 0 amide bonds. The zero-order valence-electron chi connectivity index (χ0n) is 11.1. The fourth-order valence-electron chi connectivity index (χ4n) is 1.98. The lowest BCUT2D eigenvalue weighted by molar-refractivity contribution is 0.0443. The third-order valence-corrected chi connectivity index (χ3v) is 3.11. The van der Waals surface area contributed by atoms with E-state index in [0.29, 0.717) is 5.75 Å². The van der Waals surface area contributed by atoms with Gasteiger partial charge in [-0.3, -0.25) is 0 Å². The van der Waals surface area contributed by atoms with Gasteiger partial charge < -0.3 is 9.47 Å². The zero-order chi connectivity index (χ0) is 15.0. The Morgan fingerprint density at radius 2 is 1.62 bits per heavy atom. The van der Waals surface area contributed by atoms with E-state index in [0.717, 1.165) is 5.56 Å². The standard InChI is InChI=1S/C16H10O5/c1-9-2-5-11(6-3-9)20-14(17)10-4-7-12-13(8-10)16(19)21-15(12)18/h2-8H,1H3. The smallest absolute Gasteiger partial charge is 0.346 e. The van der Waals surface area contributed by atoms with Crippen LogP contribution >= 0.6 is 0 Å². The molecule has 0 saturated carbocycles. The van der Waals surface area contributed by atoms with Gasteiger partial charge in [-0.25, -0.2) is 14.4 Å². The first-order chi connectivity index (χ1) is 10.0. The zero-order valence-corrected chi connectivity index (χ0v) is 11.1. The van der Waals surface area contributed by atoms with Crippen LogP contribution in [0, 0.1) is 6.92 Å². The first-order valence-corrected chi connectivity index (χ1v) is 6.24. The van der Waals surface area contributed by atoms with Gasteiger partial charge in [0.05, 0.1) is 16.7 Å². The maximum atomic E-state index is 12.0. The molecule has 3 rings (SSSR count). The number of esters is 3. The van der Waals surface area contributed by atoms with E-state index in [1.807, 2.05) is 19.1 Å². The minimum absolute atomic E-state index is 0.0818. The number of fused-ring (bicyclic) bond motifs is 1. The van der Waals surface area contributed by atoms with Crippen LogP contribution in [0.5, 0.6) is 5.75 Å². The third-order valence-electron chi connectivity index (χ3n) is 3.11. The SMILES string of the molecule is Cc1ccc(OC(=O)c2ccc3c(c2)C(=O)OC3=O)cc1. The van der Waals surface area contributed by atoms with Gasteiger partial charge in [-0.05, 0) is 37.3 Å². The summed E-state index contributed by atoms with van der Waals surface area (Å²) in [7, 11) is 0. The first kappa shape index (κ1) is 13.1. The van der Waals surface area contributed by atoms with Crippen LogP contribution in [0.2, 0.25) is 0 Å². The summed E-state index contributed by atoms with van der Waals surface area (Å²) in [6.45, 7) is 1.93. The highest BCUT2D eigenvalue weighted by Gasteiger charge is 2.30. The molecule has 0 N–H and O–H groups in total. The summed E-state index contributed by atoms with van der Waals surface area (Å²) in [4.78, 5) is 34.8. The topological polar surface area (TPSA) is 69.7 Å². The van der Waals surface area contributed by atoms with Crippen LogP contribution in [0.4, 0.5) is 0 Å². The van der Waals surface area contributed by atoms with E-state index in [-0.39, 0.29) is 16.7 Å². The number of carbonyl (C=O) groups is 3. The normalized spacial score (nSPS) is 12.8. The molecule has 2 aromatic rings. The van der Waals surface area contributed by atoms with Crippen molar-refractivity contribution in [3.05, 3.63) is 64.7 Å². The first-order valence-electron chi connectivity index (χ1n) is 6.24. The van der Waals surface area contributed by atoms with Gasteiger partial charge >= 0.3 is 17.9 Å². The van der Waals surface area contributed by atoms with Crippen molar-refractivity contribution in [3.63, 3.8) is 0 Å². The fourth-order valence-corrected chi connectivity index (χ4v) is 1.98. The van der Waals surface area contributed by atoms with Crippen molar-refractivity contribution >= 4 is 17.9 Å². The van der Waals surface area contributed by atoms with Crippen LogP contribution in [0.3, 0.4) is 0 Å². The molecule has 0 spiro atoms. The maximum Gasteiger partial charge on any atom is 0.346 e. The molecular weight excluding hydrogens is 272 g/mol. The highest BCUT2D eigenvalue weighted by atomic mass is 16.6. The van der Waals surface area contributed by atoms with Crippen LogP contribution in [0.25, 0.3) is 0 Å². The van der Waals surface area contributed by atoms with Gasteiger partial charge in [0.2, 0.25) is 0 Å². The van der Waals surface area contributed by atoms with E-state index < -0.39 is 17.9 Å². The van der Waals surface area contributed by atoms with E-state index in [4.69, 9.17) is 4.74 Å². The molecule has 1 heterocycles. The van der Waals surface area contributed by atoms with Gasteiger partial charge in [0.1, 0.15) is 5.75 Å². The summed E-state index contributed by atoms with van der Waals surface area (Å²) in [6, 6.07) is 11.1. The molecule has 1 aliphatic rings. The predicted molar refractivity (Wildman–Crippen MR) is 72.3 cm³/mol. The molecule has 0 aliphatic carbocycles. The van der Waals surface area contributed by atoms with Crippen LogP contribution in [0.1, 0.15) is 36.6 Å². The summed E-state index contributed by atoms with van der Waals surface area (Å²) >= 11 is 0. The molecule has 0 radical (unpaired) electrons. The highest BCUT2D eigenvalue weighted by Crippen LogP contribution is 2.22. The summed E-state index contributed by atoms with van der Waals surface area (Å²) < 4.78 is 9.67. The number of ether oxygens (including phenoxy) is 2. The van der Waals surface area contributed by atoms with Crippen molar-refractivity contribution in [2.24, 2.45) is 0 Å². The van der Waals surface area contributed by atoms with Crippen LogP contribution < -0.4 is 4.74 Å². The fraction of sp³-hybridized carbons (Fsp3) is 0.0625. The largest absolute Gasteiger partial charge is 0.423 e. The molecule has 0 unspecified atom stereocenters. The van der Waals surface area contributed by atoms with Crippen molar-refractivity contribution in [2.45, 2.75) is 6.92 Å². The molecule has 0 atom stereocenters. The van der Waals surface area contributed by atoms with Gasteiger partial charge in [0.25, 0.3) is 0 Å². The van der Waals surface area contributed by atoms with E-state index in [1.165, 1.54) is 18.2 Å². The number of rotatable bonds is 2. The van der Waals surface area contributed by atoms with Gasteiger partial charge in [0.15, 0.2) is 0 Å². The van der Waals surface area contributed by atoms with Crippen LogP contribution in [-0.4, -0.2) is 17.9 Å². The second-order valence-corrected chi connectivity index (χ2v) is 4.64. The predicted octanol–water partition coefficient (Wildman–Crippen LogP) is 2.52. The van der Waals surface area contributed by atoms with Crippen LogP contribution in [0.15, 0.2) is 42.5 Å². The molecular formula is C16H10O5. The van der Waals surface area contributed by atoms with Crippen molar-refractivity contribution in [3.8, 4) is 5.75 Å². The van der Waals surface area contributed by atoms with Crippen molar-refractivity contribution in [2.75, 3.05) is 0 Å².